The molecule has 1 rings (SSSR count). The van der Waals surface area contributed by atoms with Crippen LogP contribution in [-0.2, 0) is 44.7 Å². The van der Waals surface area contributed by atoms with E-state index >= 15 is 0 Å². The average molecular weight is 691 g/mol. The van der Waals surface area contributed by atoms with Crippen LogP contribution in [0.1, 0.15) is 100 Å². The highest BCUT2D eigenvalue weighted by Gasteiger charge is 2.27. The van der Waals surface area contributed by atoms with Crippen LogP contribution in [0, 0.1) is 11.8 Å². The Morgan fingerprint density at radius 3 is 1.84 bits per heavy atom. The third-order valence-corrected chi connectivity index (χ3v) is 5.85. The Balaban J connectivity index is -0.00000127. The Hall–Kier alpha value is -4.35. The second-order valence-electron chi connectivity index (χ2n) is 11.5. The second kappa shape index (κ2) is 31.0. The van der Waals surface area contributed by atoms with Gasteiger partial charge in [-0.1, -0.05) is 90.4 Å². The molecule has 12 nitrogen and oxygen atoms in total. The van der Waals surface area contributed by atoms with Gasteiger partial charge in [-0.2, -0.15) is 0 Å². The maximum Gasteiger partial charge on any atom is 0.315 e. The lowest BCUT2D eigenvalue weighted by molar-refractivity contribution is -0.148. The SMILES string of the molecule is C=C(C)CNC(=O)C(Cc1ccccc1)NC(=O)C(CC(C)C)NC(=O)CNC(=O)CCC(C)=O.CC.CCC.CCOC(=O)C(C)C=O. The molecule has 3 unspecified atom stereocenters. The van der Waals surface area contributed by atoms with Crippen molar-refractivity contribution in [3.8, 4) is 0 Å². The summed E-state index contributed by atoms with van der Waals surface area (Å²) in [4.78, 5) is 81.6. The number of rotatable bonds is 18. The van der Waals surface area contributed by atoms with E-state index in [1.807, 2.05) is 58.0 Å². The van der Waals surface area contributed by atoms with Crippen LogP contribution >= 0.6 is 0 Å². The van der Waals surface area contributed by atoms with Crippen LogP contribution in [0.3, 0.4) is 0 Å². The summed E-state index contributed by atoms with van der Waals surface area (Å²) < 4.78 is 4.52. The zero-order chi connectivity index (χ0) is 38.4. The summed E-state index contributed by atoms with van der Waals surface area (Å²) in [5.41, 5.74) is 1.65. The molecule has 278 valence electrons. The highest BCUT2D eigenvalue weighted by Crippen LogP contribution is 2.08. The van der Waals surface area contributed by atoms with E-state index in [-0.39, 0.29) is 50.0 Å². The maximum absolute atomic E-state index is 13.1. The summed E-state index contributed by atoms with van der Waals surface area (Å²) in [6, 6.07) is 7.58. The fourth-order valence-electron chi connectivity index (χ4n) is 3.53. The molecule has 1 aromatic rings. The smallest absolute Gasteiger partial charge is 0.315 e. The van der Waals surface area contributed by atoms with E-state index in [1.54, 1.807) is 13.8 Å². The molecule has 0 aliphatic rings. The minimum absolute atomic E-state index is 0.00101. The second-order valence-corrected chi connectivity index (χ2v) is 11.5. The minimum Gasteiger partial charge on any atom is -0.465 e. The highest BCUT2D eigenvalue weighted by atomic mass is 16.5. The zero-order valence-electron chi connectivity index (χ0n) is 31.4. The predicted octanol–water partition coefficient (Wildman–Crippen LogP) is 4.25. The first-order valence-electron chi connectivity index (χ1n) is 17.0. The lowest BCUT2D eigenvalue weighted by atomic mass is 10.0. The third-order valence-electron chi connectivity index (χ3n) is 5.85. The monoisotopic (exact) mass is 690 g/mol. The molecule has 0 saturated carbocycles. The van der Waals surface area contributed by atoms with Gasteiger partial charge in [0, 0.05) is 25.8 Å². The Bertz CT molecular complexity index is 1140. The largest absolute Gasteiger partial charge is 0.465 e. The summed E-state index contributed by atoms with van der Waals surface area (Å²) in [6.07, 6.45) is 2.55. The molecular formula is C37H62N4O8. The van der Waals surface area contributed by atoms with E-state index in [0.717, 1.165) is 11.1 Å². The van der Waals surface area contributed by atoms with Crippen LogP contribution in [-0.4, -0.2) is 73.4 Å². The van der Waals surface area contributed by atoms with Gasteiger partial charge in [0.1, 0.15) is 30.1 Å². The van der Waals surface area contributed by atoms with Crippen LogP contribution in [0.15, 0.2) is 42.5 Å². The van der Waals surface area contributed by atoms with E-state index < -0.39 is 41.7 Å². The van der Waals surface area contributed by atoms with Crippen molar-refractivity contribution < 1.29 is 38.3 Å². The van der Waals surface area contributed by atoms with Crippen molar-refractivity contribution >= 4 is 41.7 Å². The number of esters is 1. The summed E-state index contributed by atoms with van der Waals surface area (Å²) in [7, 11) is 0. The number of hydrogen-bond acceptors (Lipinski definition) is 8. The zero-order valence-corrected chi connectivity index (χ0v) is 31.4. The molecule has 0 bridgehead atoms. The van der Waals surface area contributed by atoms with E-state index in [1.165, 1.54) is 20.3 Å². The van der Waals surface area contributed by atoms with Gasteiger partial charge < -0.3 is 35.6 Å². The fraction of sp³-hybridized carbons (Fsp3) is 0.595. The molecule has 0 spiro atoms. The third kappa shape index (κ3) is 28.4. The molecule has 0 radical (unpaired) electrons. The number of carbonyl (C=O) groups excluding carboxylic acids is 7. The number of amides is 4. The Morgan fingerprint density at radius 1 is 0.796 bits per heavy atom. The highest BCUT2D eigenvalue weighted by molar-refractivity contribution is 5.93. The summed E-state index contributed by atoms with van der Waals surface area (Å²) in [6.45, 7) is 22.5. The summed E-state index contributed by atoms with van der Waals surface area (Å²) in [5, 5.41) is 10.6. The van der Waals surface area contributed by atoms with E-state index in [9.17, 15) is 33.6 Å². The first kappa shape index (κ1) is 49.0. The maximum atomic E-state index is 13.1. The predicted molar refractivity (Wildman–Crippen MR) is 193 cm³/mol. The molecule has 3 atom stereocenters. The molecule has 0 fully saturated rings. The molecule has 4 amide bonds. The van der Waals surface area contributed by atoms with Crippen LogP contribution in [0.2, 0.25) is 0 Å². The number of benzene rings is 1. The number of carbonyl (C=O) groups is 7. The van der Waals surface area contributed by atoms with Crippen molar-refractivity contribution in [3.63, 3.8) is 0 Å². The first-order chi connectivity index (χ1) is 23.1. The molecule has 0 aliphatic heterocycles. The van der Waals surface area contributed by atoms with Gasteiger partial charge in [0.2, 0.25) is 23.6 Å². The van der Waals surface area contributed by atoms with Crippen LogP contribution in [0.4, 0.5) is 0 Å². The average Bonchev–Trinajstić information content (AvgIpc) is 3.06. The topological polar surface area (TPSA) is 177 Å². The van der Waals surface area contributed by atoms with Gasteiger partial charge in [-0.3, -0.25) is 24.0 Å². The van der Waals surface area contributed by atoms with Crippen LogP contribution in [0.25, 0.3) is 0 Å². The van der Waals surface area contributed by atoms with Crippen molar-refractivity contribution in [3.05, 3.63) is 48.0 Å². The van der Waals surface area contributed by atoms with Crippen molar-refractivity contribution in [1.29, 1.82) is 0 Å². The van der Waals surface area contributed by atoms with Gasteiger partial charge in [-0.25, -0.2) is 0 Å². The van der Waals surface area contributed by atoms with Gasteiger partial charge in [0.05, 0.1) is 13.2 Å². The number of ketones is 1. The standard InChI is InChI=1S/C26H38N4O5.C6H10O3.C3H8.C2H6/c1-17(2)13-21(29-24(33)16-27-23(32)12-11-19(5)31)26(35)30-22(25(34)28-15-18(3)4)14-20-9-7-6-8-10-20;1-3-9-6(8)5(2)4-7;1-3-2;1-2/h6-10,17,21-22H,3,11-16H2,1-2,4-5H3,(H,27,32)(H,28,34)(H,29,33)(H,30,35);4-5H,3H2,1-2H3;3H2,1-2H3;1-2H3. The number of aldehydes is 1. The van der Waals surface area contributed by atoms with Crippen molar-refractivity contribution in [2.45, 2.75) is 113 Å². The molecule has 0 aromatic heterocycles. The van der Waals surface area contributed by atoms with Crippen LogP contribution in [0.5, 0.6) is 0 Å². The molecule has 4 N–H and O–H groups in total. The quantitative estimate of drug-likeness (QED) is 0.0765. The van der Waals surface area contributed by atoms with Gasteiger partial charge in [0.25, 0.3) is 0 Å². The van der Waals surface area contributed by atoms with Gasteiger partial charge in [-0.15, -0.1) is 0 Å². The van der Waals surface area contributed by atoms with E-state index in [2.05, 4.69) is 46.4 Å². The molecule has 0 aliphatic carbocycles. The molecular weight excluding hydrogens is 628 g/mol. The molecule has 1 aromatic carbocycles. The Morgan fingerprint density at radius 2 is 1.37 bits per heavy atom. The lowest BCUT2D eigenvalue weighted by Gasteiger charge is -2.24. The molecule has 0 heterocycles. The van der Waals surface area contributed by atoms with Crippen molar-refractivity contribution in [2.24, 2.45) is 11.8 Å². The number of nitrogens with one attached hydrogen (secondary N) is 4. The number of hydrogen-bond donors (Lipinski definition) is 4. The summed E-state index contributed by atoms with van der Waals surface area (Å²) in [5.74, 6) is -2.89. The van der Waals surface area contributed by atoms with E-state index in [4.69, 9.17) is 0 Å². The van der Waals surface area contributed by atoms with Crippen molar-refractivity contribution in [2.75, 3.05) is 19.7 Å². The number of ether oxygens (including phenoxy) is 1. The van der Waals surface area contributed by atoms with Crippen molar-refractivity contribution in [1.82, 2.24) is 21.3 Å². The Labute approximate surface area is 294 Å². The molecule has 0 saturated heterocycles. The van der Waals surface area contributed by atoms with Gasteiger partial charge in [-0.05, 0) is 45.6 Å². The van der Waals surface area contributed by atoms with E-state index in [0.29, 0.717) is 19.3 Å². The Kier molecular flexibility index (Phi) is 31.0. The lowest BCUT2D eigenvalue weighted by Crippen LogP contribution is -2.55. The van der Waals surface area contributed by atoms with Gasteiger partial charge >= 0.3 is 5.97 Å². The first-order valence-corrected chi connectivity index (χ1v) is 17.0. The molecule has 49 heavy (non-hydrogen) atoms. The minimum atomic E-state index is -0.885. The summed E-state index contributed by atoms with van der Waals surface area (Å²) >= 11 is 0. The molecule has 12 heteroatoms. The number of Topliss-reactive ketones (excluding diaryl/α,β-unsaturated/α-hetero) is 1. The normalized spacial score (nSPS) is 11.5. The van der Waals surface area contributed by atoms with Crippen LogP contribution < -0.4 is 21.3 Å². The van der Waals surface area contributed by atoms with Gasteiger partial charge in [0.15, 0.2) is 0 Å². The fourth-order valence-corrected chi connectivity index (χ4v) is 3.53.